The monoisotopic (exact) mass is 422 g/mol. The van der Waals surface area contributed by atoms with Gasteiger partial charge >= 0.3 is 0 Å². The van der Waals surface area contributed by atoms with Crippen LogP contribution >= 0.6 is 28.7 Å². The number of anilines is 1. The van der Waals surface area contributed by atoms with Gasteiger partial charge in [0.2, 0.25) is 0 Å². The third-order valence-electron chi connectivity index (χ3n) is 4.21. The summed E-state index contributed by atoms with van der Waals surface area (Å²) in [6, 6.07) is 15.9. The van der Waals surface area contributed by atoms with E-state index < -0.39 is 6.10 Å². The number of nitrogens with one attached hydrogen (secondary N) is 1. The van der Waals surface area contributed by atoms with Crippen molar-refractivity contribution in [3.8, 4) is 0 Å². The summed E-state index contributed by atoms with van der Waals surface area (Å²) in [5, 5.41) is 13.5. The number of nitrogens with zero attached hydrogens (tertiary/aromatic N) is 1. The number of benzene rings is 2. The van der Waals surface area contributed by atoms with Gasteiger partial charge in [-0.15, -0.1) is 28.7 Å². The van der Waals surface area contributed by atoms with Crippen LogP contribution in [-0.4, -0.2) is 37.3 Å². The predicted molar refractivity (Wildman–Crippen MR) is 109 cm³/mol. The Morgan fingerprint density at radius 3 is 2.52 bits per heavy atom. The van der Waals surface area contributed by atoms with Crippen LogP contribution in [0.1, 0.15) is 16.4 Å². The van der Waals surface area contributed by atoms with Gasteiger partial charge in [-0.05, 0) is 31.7 Å². The molecule has 0 radical (unpaired) electrons. The van der Waals surface area contributed by atoms with Crippen molar-refractivity contribution in [2.45, 2.75) is 23.2 Å². The number of thioether (sulfide) groups is 1. The first-order chi connectivity index (χ1) is 11.6. The Morgan fingerprint density at radius 1 is 1.16 bits per heavy atom. The zero-order valence-corrected chi connectivity index (χ0v) is 16.8. The molecule has 1 aliphatic rings. The third-order valence-corrected chi connectivity index (χ3v) is 5.59. The maximum absolute atomic E-state index is 12.9. The first kappa shape index (κ1) is 20.0. The van der Waals surface area contributed by atoms with Gasteiger partial charge in [0, 0.05) is 18.0 Å². The summed E-state index contributed by atoms with van der Waals surface area (Å²) in [5.74, 6) is -0.242. The highest BCUT2D eigenvalue weighted by atomic mass is 79.9. The van der Waals surface area contributed by atoms with Crippen LogP contribution in [-0.2, 0) is 4.79 Å². The predicted octanol–water partition coefficient (Wildman–Crippen LogP) is 3.33. The molecule has 0 fully saturated rings. The molecule has 4 nitrogen and oxygen atoms in total. The molecule has 25 heavy (non-hydrogen) atoms. The molecule has 3 rings (SSSR count). The normalized spacial score (nSPS) is 19.8. The Bertz CT molecular complexity index is 724. The maximum Gasteiger partial charge on any atom is 0.257 e. The van der Waals surface area contributed by atoms with Crippen LogP contribution in [0.5, 0.6) is 0 Å². The van der Waals surface area contributed by atoms with Crippen molar-refractivity contribution < 1.29 is 9.90 Å². The zero-order chi connectivity index (χ0) is 17.1. The quantitative estimate of drug-likeness (QED) is 0.792. The number of hydrogen-bond donors (Lipinski definition) is 2. The minimum Gasteiger partial charge on any atom is -0.382 e. The Balaban J connectivity index is 0.00000225. The molecule has 2 aromatic rings. The molecule has 0 unspecified atom stereocenters. The van der Waals surface area contributed by atoms with Crippen LogP contribution in [0, 0.1) is 6.92 Å². The summed E-state index contributed by atoms with van der Waals surface area (Å²) in [6.45, 7) is 3.23. The van der Waals surface area contributed by atoms with Gasteiger partial charge in [0.05, 0.1) is 10.9 Å². The second kappa shape index (κ2) is 8.85. The Hall–Kier alpha value is -1.34. The Labute approximate surface area is 163 Å². The number of aryl methyl sites for hydroxylation is 1. The van der Waals surface area contributed by atoms with Gasteiger partial charge in [-0.2, -0.15) is 0 Å². The summed E-state index contributed by atoms with van der Waals surface area (Å²) in [6.07, 6.45) is -1.07. The van der Waals surface area contributed by atoms with E-state index in [4.69, 9.17) is 0 Å². The number of para-hydroxylation sites is 1. The lowest BCUT2D eigenvalue weighted by Crippen LogP contribution is -2.43. The molecule has 0 spiro atoms. The third kappa shape index (κ3) is 4.26. The van der Waals surface area contributed by atoms with Crippen LogP contribution in [0.2, 0.25) is 0 Å². The molecule has 1 heterocycles. The molecule has 0 aliphatic carbocycles. The minimum absolute atomic E-state index is 0. The molecular formula is C19H23BrN2O2S. The van der Waals surface area contributed by atoms with E-state index in [1.54, 1.807) is 16.7 Å². The molecule has 0 bridgehead atoms. The average molecular weight is 423 g/mol. The lowest BCUT2D eigenvalue weighted by molar-refractivity contribution is -0.126. The second-order valence-corrected chi connectivity index (χ2v) is 7.14. The Kier molecular flexibility index (Phi) is 7.07. The van der Waals surface area contributed by atoms with Crippen molar-refractivity contribution in [2.75, 3.05) is 25.0 Å². The summed E-state index contributed by atoms with van der Waals surface area (Å²) in [7, 11) is 1.86. The smallest absolute Gasteiger partial charge is 0.257 e. The minimum atomic E-state index is -1.07. The van der Waals surface area contributed by atoms with Gasteiger partial charge in [-0.1, -0.05) is 42.0 Å². The molecular weight excluding hydrogens is 400 g/mol. The number of fused-ring (bicyclic) bond motifs is 1. The molecule has 1 aliphatic heterocycles. The molecule has 1 amide bonds. The van der Waals surface area contributed by atoms with Crippen molar-refractivity contribution in [3.63, 3.8) is 0 Å². The molecule has 134 valence electrons. The largest absolute Gasteiger partial charge is 0.382 e. The number of aliphatic hydroxyl groups is 1. The lowest BCUT2D eigenvalue weighted by Gasteiger charge is -2.25. The van der Waals surface area contributed by atoms with Crippen molar-refractivity contribution in [3.05, 3.63) is 59.7 Å². The van der Waals surface area contributed by atoms with Crippen molar-refractivity contribution in [1.82, 2.24) is 5.32 Å². The highest BCUT2D eigenvalue weighted by Crippen LogP contribution is 2.45. The molecule has 0 aromatic heterocycles. The number of halogens is 1. The van der Waals surface area contributed by atoms with Crippen molar-refractivity contribution in [2.24, 2.45) is 0 Å². The summed E-state index contributed by atoms with van der Waals surface area (Å²) in [4.78, 5) is 15.6. The lowest BCUT2D eigenvalue weighted by atomic mass is 10.0. The van der Waals surface area contributed by atoms with Gasteiger partial charge in [0.15, 0.2) is 0 Å². The highest BCUT2D eigenvalue weighted by Gasteiger charge is 2.36. The molecule has 0 saturated carbocycles. The van der Waals surface area contributed by atoms with Gasteiger partial charge in [-0.3, -0.25) is 4.79 Å². The van der Waals surface area contributed by atoms with Crippen molar-refractivity contribution >= 4 is 40.3 Å². The zero-order valence-electron chi connectivity index (χ0n) is 14.3. The SMILES string of the molecule is Br.CNCCN1C(=O)[C@H](O)[C@H](c2ccc(C)cc2)Sc2ccccc21. The van der Waals surface area contributed by atoms with E-state index >= 15 is 0 Å². The van der Waals surface area contributed by atoms with E-state index in [0.717, 1.165) is 21.7 Å². The van der Waals surface area contributed by atoms with Crippen LogP contribution in [0.15, 0.2) is 53.4 Å². The number of hydrogen-bond acceptors (Lipinski definition) is 4. The van der Waals surface area contributed by atoms with Gasteiger partial charge < -0.3 is 15.3 Å². The highest BCUT2D eigenvalue weighted by molar-refractivity contribution is 8.93. The number of aliphatic hydroxyl groups excluding tert-OH is 1. The average Bonchev–Trinajstić information content (AvgIpc) is 2.70. The molecule has 0 saturated heterocycles. The first-order valence-electron chi connectivity index (χ1n) is 8.08. The molecule has 6 heteroatoms. The number of rotatable bonds is 4. The first-order valence-corrected chi connectivity index (χ1v) is 8.96. The topological polar surface area (TPSA) is 52.6 Å². The second-order valence-electron chi connectivity index (χ2n) is 5.96. The summed E-state index contributed by atoms with van der Waals surface area (Å²) >= 11 is 1.55. The van der Waals surface area contributed by atoms with E-state index in [2.05, 4.69) is 5.32 Å². The fourth-order valence-electron chi connectivity index (χ4n) is 2.85. The van der Waals surface area contributed by atoms with E-state index in [1.807, 2.05) is 62.5 Å². The molecule has 2 N–H and O–H groups in total. The molecule has 2 atom stereocenters. The van der Waals surface area contributed by atoms with E-state index in [9.17, 15) is 9.90 Å². The van der Waals surface area contributed by atoms with Crippen LogP contribution in [0.3, 0.4) is 0 Å². The van der Waals surface area contributed by atoms with Crippen LogP contribution in [0.25, 0.3) is 0 Å². The number of carbonyl (C=O) groups is 1. The van der Waals surface area contributed by atoms with E-state index in [0.29, 0.717) is 13.1 Å². The number of likely N-dealkylation sites (N-methyl/N-ethyl adjacent to an activating group) is 1. The molecule has 2 aromatic carbocycles. The van der Waals surface area contributed by atoms with E-state index in [1.165, 1.54) is 0 Å². The van der Waals surface area contributed by atoms with Crippen LogP contribution < -0.4 is 10.2 Å². The fraction of sp³-hybridized carbons (Fsp3) is 0.316. The van der Waals surface area contributed by atoms with Crippen LogP contribution in [0.4, 0.5) is 5.69 Å². The summed E-state index contributed by atoms with van der Waals surface area (Å²) in [5.41, 5.74) is 3.00. The van der Waals surface area contributed by atoms with Gasteiger partial charge in [-0.25, -0.2) is 0 Å². The number of carbonyl (C=O) groups excluding carboxylic acids is 1. The van der Waals surface area contributed by atoms with E-state index in [-0.39, 0.29) is 28.1 Å². The Morgan fingerprint density at radius 2 is 1.84 bits per heavy atom. The van der Waals surface area contributed by atoms with Crippen molar-refractivity contribution in [1.29, 1.82) is 0 Å². The standard InChI is InChI=1S/C19H22N2O2S.BrH/c1-13-7-9-14(10-8-13)18-17(22)19(23)21(12-11-20-2)15-5-3-4-6-16(15)24-18;/h3-10,17-18,20,22H,11-12H2,1-2H3;1H/t17-,18+;/m1./s1. The number of amides is 1. The van der Waals surface area contributed by atoms with Gasteiger partial charge in [0.1, 0.15) is 6.10 Å². The maximum atomic E-state index is 12.9. The summed E-state index contributed by atoms with van der Waals surface area (Å²) < 4.78 is 0. The van der Waals surface area contributed by atoms with Gasteiger partial charge in [0.25, 0.3) is 5.91 Å². The fourth-order valence-corrected chi connectivity index (χ4v) is 4.12.